The van der Waals surface area contributed by atoms with Gasteiger partial charge in [0.05, 0.1) is 13.2 Å². The summed E-state index contributed by atoms with van der Waals surface area (Å²) in [4.78, 5) is 13.1. The van der Waals surface area contributed by atoms with E-state index in [9.17, 15) is 4.79 Å². The quantitative estimate of drug-likeness (QED) is 0.787. The highest BCUT2D eigenvalue weighted by atomic mass is 16.6. The number of likely N-dealkylation sites (tertiary alicyclic amines) is 1. The number of rotatable bonds is 3. The average molecular weight is 237 g/mol. The van der Waals surface area contributed by atoms with Crippen LogP contribution >= 0.6 is 0 Å². The summed E-state index contributed by atoms with van der Waals surface area (Å²) >= 11 is 0. The molecule has 1 aromatic rings. The molecule has 1 atom stereocenters. The van der Waals surface area contributed by atoms with Crippen LogP contribution in [0.4, 0.5) is 4.79 Å². The van der Waals surface area contributed by atoms with E-state index < -0.39 is 0 Å². The van der Waals surface area contributed by atoms with Crippen molar-refractivity contribution in [3.63, 3.8) is 0 Å². The molecule has 1 aliphatic heterocycles. The maximum Gasteiger partial charge on any atom is 0.409 e. The van der Waals surface area contributed by atoms with Gasteiger partial charge in [-0.2, -0.15) is 5.10 Å². The Morgan fingerprint density at radius 1 is 1.65 bits per heavy atom. The molecule has 6 nitrogen and oxygen atoms in total. The van der Waals surface area contributed by atoms with E-state index >= 15 is 0 Å². The lowest BCUT2D eigenvalue weighted by molar-refractivity contribution is 0.109. The Bertz CT molecular complexity index is 371. The zero-order valence-electron chi connectivity index (χ0n) is 9.70. The molecule has 0 spiro atoms. The molecule has 1 fully saturated rings. The lowest BCUT2D eigenvalue weighted by Crippen LogP contribution is -2.31. The second-order valence-corrected chi connectivity index (χ2v) is 3.74. The highest BCUT2D eigenvalue weighted by Gasteiger charge is 2.28. The largest absolute Gasteiger partial charge is 0.471 e. The fraction of sp³-hybridized carbons (Fsp3) is 0.545. The molecule has 0 N–H and O–H groups in total. The number of hydrogen-bond acceptors (Lipinski definition) is 5. The zero-order chi connectivity index (χ0) is 12.1. The smallest absolute Gasteiger partial charge is 0.409 e. The third-order valence-corrected chi connectivity index (χ3v) is 2.51. The number of hydrogen-bond donors (Lipinski definition) is 0. The third kappa shape index (κ3) is 3.05. The molecule has 6 heteroatoms. The first-order valence-corrected chi connectivity index (χ1v) is 5.65. The van der Waals surface area contributed by atoms with Gasteiger partial charge < -0.3 is 14.4 Å². The molecule has 1 saturated heterocycles. The minimum absolute atomic E-state index is 0.0314. The van der Waals surface area contributed by atoms with Crippen LogP contribution in [0.3, 0.4) is 0 Å². The van der Waals surface area contributed by atoms with Crippen molar-refractivity contribution < 1.29 is 14.3 Å². The van der Waals surface area contributed by atoms with Crippen molar-refractivity contribution in [1.82, 2.24) is 15.1 Å². The second-order valence-electron chi connectivity index (χ2n) is 3.74. The molecule has 0 aromatic carbocycles. The summed E-state index contributed by atoms with van der Waals surface area (Å²) in [5.41, 5.74) is 0. The maximum atomic E-state index is 11.5. The molecule has 92 valence electrons. The van der Waals surface area contributed by atoms with E-state index in [0.29, 0.717) is 25.6 Å². The predicted molar refractivity (Wildman–Crippen MR) is 59.7 cm³/mol. The molecule has 1 aliphatic rings. The molecule has 17 heavy (non-hydrogen) atoms. The van der Waals surface area contributed by atoms with Gasteiger partial charge in [-0.3, -0.25) is 0 Å². The van der Waals surface area contributed by atoms with Gasteiger partial charge in [-0.15, -0.1) is 5.10 Å². The zero-order valence-corrected chi connectivity index (χ0v) is 9.70. The van der Waals surface area contributed by atoms with Gasteiger partial charge in [0, 0.05) is 25.2 Å². The fourth-order valence-corrected chi connectivity index (χ4v) is 1.73. The van der Waals surface area contributed by atoms with E-state index in [1.54, 1.807) is 30.2 Å². The predicted octanol–water partition coefficient (Wildman–Crippen LogP) is 1.09. The molecule has 0 aliphatic carbocycles. The van der Waals surface area contributed by atoms with Crippen molar-refractivity contribution >= 4 is 6.09 Å². The number of nitrogens with zero attached hydrogens (tertiary/aromatic N) is 3. The molecular weight excluding hydrogens is 222 g/mol. The summed E-state index contributed by atoms with van der Waals surface area (Å²) < 4.78 is 10.5. The summed E-state index contributed by atoms with van der Waals surface area (Å²) in [7, 11) is 0. The molecular formula is C11H15N3O3. The second kappa shape index (κ2) is 5.47. The van der Waals surface area contributed by atoms with E-state index in [2.05, 4.69) is 10.2 Å². The first-order valence-electron chi connectivity index (χ1n) is 5.65. The topological polar surface area (TPSA) is 64.5 Å². The van der Waals surface area contributed by atoms with Gasteiger partial charge in [-0.05, 0) is 13.0 Å². The average Bonchev–Trinajstić information content (AvgIpc) is 2.79. The van der Waals surface area contributed by atoms with Crippen LogP contribution in [0.1, 0.15) is 13.3 Å². The molecule has 0 bridgehead atoms. The van der Waals surface area contributed by atoms with E-state index in [1.807, 2.05) is 0 Å². The lowest BCUT2D eigenvalue weighted by Gasteiger charge is -2.15. The molecule has 0 radical (unpaired) electrons. The van der Waals surface area contributed by atoms with Crippen LogP contribution in [0.2, 0.25) is 0 Å². The first-order chi connectivity index (χ1) is 8.29. The van der Waals surface area contributed by atoms with Crippen LogP contribution in [0.15, 0.2) is 18.3 Å². The molecule has 0 saturated carbocycles. The Balaban J connectivity index is 1.84. The molecule has 2 rings (SSSR count). The van der Waals surface area contributed by atoms with Gasteiger partial charge in [0.1, 0.15) is 6.10 Å². The maximum absolute atomic E-state index is 11.5. The van der Waals surface area contributed by atoms with Gasteiger partial charge in [0.2, 0.25) is 5.88 Å². The van der Waals surface area contributed by atoms with Crippen molar-refractivity contribution in [3.05, 3.63) is 18.3 Å². The van der Waals surface area contributed by atoms with Gasteiger partial charge >= 0.3 is 6.09 Å². The van der Waals surface area contributed by atoms with Crippen molar-refractivity contribution in [3.8, 4) is 5.88 Å². The Labute approximate surface area is 99.5 Å². The minimum Gasteiger partial charge on any atom is -0.471 e. The Morgan fingerprint density at radius 2 is 2.53 bits per heavy atom. The minimum atomic E-state index is -0.280. The Morgan fingerprint density at radius 3 is 3.24 bits per heavy atom. The van der Waals surface area contributed by atoms with Gasteiger partial charge in [0.25, 0.3) is 0 Å². The summed E-state index contributed by atoms with van der Waals surface area (Å²) in [6.45, 7) is 3.38. The summed E-state index contributed by atoms with van der Waals surface area (Å²) in [5.74, 6) is 0.489. The molecule has 1 aromatic heterocycles. The van der Waals surface area contributed by atoms with Crippen LogP contribution in [-0.4, -0.2) is 47.0 Å². The lowest BCUT2D eigenvalue weighted by atomic mass is 10.3. The number of ether oxygens (including phenoxy) is 2. The number of amides is 1. The molecule has 1 unspecified atom stereocenters. The van der Waals surface area contributed by atoms with E-state index in [-0.39, 0.29) is 12.2 Å². The van der Waals surface area contributed by atoms with E-state index in [4.69, 9.17) is 9.47 Å². The van der Waals surface area contributed by atoms with Gasteiger partial charge in [-0.25, -0.2) is 4.79 Å². The number of carbonyl (C=O) groups excluding carboxylic acids is 1. The van der Waals surface area contributed by atoms with E-state index in [1.165, 1.54) is 0 Å². The van der Waals surface area contributed by atoms with Crippen molar-refractivity contribution in [1.29, 1.82) is 0 Å². The van der Waals surface area contributed by atoms with Crippen molar-refractivity contribution in [2.75, 3.05) is 19.7 Å². The highest BCUT2D eigenvalue weighted by molar-refractivity contribution is 5.67. The van der Waals surface area contributed by atoms with Crippen molar-refractivity contribution in [2.24, 2.45) is 0 Å². The van der Waals surface area contributed by atoms with Crippen LogP contribution in [0.25, 0.3) is 0 Å². The number of aromatic nitrogens is 2. The van der Waals surface area contributed by atoms with Crippen LogP contribution in [-0.2, 0) is 4.74 Å². The van der Waals surface area contributed by atoms with Crippen LogP contribution in [0.5, 0.6) is 5.88 Å². The monoisotopic (exact) mass is 237 g/mol. The Hall–Kier alpha value is -1.85. The summed E-state index contributed by atoms with van der Waals surface area (Å²) in [6.07, 6.45) is 2.07. The van der Waals surface area contributed by atoms with Crippen molar-refractivity contribution in [2.45, 2.75) is 19.4 Å². The van der Waals surface area contributed by atoms with E-state index in [0.717, 1.165) is 6.42 Å². The SMILES string of the molecule is CCOC(=O)N1CCC(Oc2cccnn2)C1. The fourth-order valence-electron chi connectivity index (χ4n) is 1.73. The Kier molecular flexibility index (Phi) is 3.74. The summed E-state index contributed by atoms with van der Waals surface area (Å²) in [5, 5.41) is 7.57. The normalized spacial score (nSPS) is 19.1. The van der Waals surface area contributed by atoms with Gasteiger partial charge in [-0.1, -0.05) is 0 Å². The summed E-state index contributed by atoms with van der Waals surface area (Å²) in [6, 6.07) is 3.51. The third-order valence-electron chi connectivity index (χ3n) is 2.51. The molecule has 2 heterocycles. The number of carbonyl (C=O) groups is 1. The standard InChI is InChI=1S/C11H15N3O3/c1-2-16-11(15)14-7-5-9(8-14)17-10-4-3-6-12-13-10/h3-4,6,9H,2,5,7-8H2,1H3. The van der Waals surface area contributed by atoms with Crippen LogP contribution in [0, 0.1) is 0 Å². The highest BCUT2D eigenvalue weighted by Crippen LogP contribution is 2.16. The van der Waals surface area contributed by atoms with Crippen LogP contribution < -0.4 is 4.74 Å². The van der Waals surface area contributed by atoms with Gasteiger partial charge in [0.15, 0.2) is 0 Å². The molecule has 1 amide bonds. The first kappa shape index (κ1) is 11.6.